The highest BCUT2D eigenvalue weighted by Gasteiger charge is 2.18. The van der Waals surface area contributed by atoms with E-state index in [4.69, 9.17) is 0 Å². The molecule has 3 rings (SSSR count). The number of carbonyl (C=O) groups excluding carboxylic acids is 2. The third-order valence-corrected chi connectivity index (χ3v) is 4.25. The maximum atomic E-state index is 12.6. The van der Waals surface area contributed by atoms with E-state index in [0.717, 1.165) is 16.8 Å². The summed E-state index contributed by atoms with van der Waals surface area (Å²) in [6.07, 6.45) is 0. The van der Waals surface area contributed by atoms with Crippen molar-refractivity contribution in [1.82, 2.24) is 15.0 Å². The van der Waals surface area contributed by atoms with Gasteiger partial charge in [-0.25, -0.2) is 9.48 Å². The van der Waals surface area contributed by atoms with Crippen LogP contribution in [-0.2, 0) is 4.74 Å². The zero-order valence-corrected chi connectivity index (χ0v) is 15.6. The molecule has 27 heavy (non-hydrogen) atoms. The number of methoxy groups -OCH3 is 1. The van der Waals surface area contributed by atoms with Gasteiger partial charge >= 0.3 is 5.97 Å². The van der Waals surface area contributed by atoms with E-state index < -0.39 is 5.97 Å². The number of benzene rings is 2. The second-order valence-electron chi connectivity index (χ2n) is 6.25. The molecular formula is C20H20N4O3. The Morgan fingerprint density at radius 2 is 1.74 bits per heavy atom. The normalized spacial score (nSPS) is 10.5. The van der Waals surface area contributed by atoms with Crippen LogP contribution in [0.2, 0.25) is 0 Å². The maximum Gasteiger partial charge on any atom is 0.337 e. The Labute approximate surface area is 157 Å². The summed E-state index contributed by atoms with van der Waals surface area (Å²) in [7, 11) is 1.32. The zero-order chi connectivity index (χ0) is 19.6. The second-order valence-corrected chi connectivity index (χ2v) is 6.25. The van der Waals surface area contributed by atoms with Crippen molar-refractivity contribution in [2.75, 3.05) is 12.4 Å². The molecule has 1 aromatic heterocycles. The van der Waals surface area contributed by atoms with Crippen LogP contribution in [0.3, 0.4) is 0 Å². The molecule has 0 saturated carbocycles. The van der Waals surface area contributed by atoms with Gasteiger partial charge in [-0.15, -0.1) is 5.10 Å². The van der Waals surface area contributed by atoms with Gasteiger partial charge in [0.05, 0.1) is 24.1 Å². The quantitative estimate of drug-likeness (QED) is 0.718. The maximum absolute atomic E-state index is 12.6. The van der Waals surface area contributed by atoms with Gasteiger partial charge in [0.25, 0.3) is 5.91 Å². The Morgan fingerprint density at radius 1 is 1.04 bits per heavy atom. The molecule has 0 radical (unpaired) electrons. The van der Waals surface area contributed by atoms with Crippen molar-refractivity contribution in [3.63, 3.8) is 0 Å². The van der Waals surface area contributed by atoms with Crippen LogP contribution in [0.25, 0.3) is 5.69 Å². The highest BCUT2D eigenvalue weighted by molar-refractivity contribution is 6.03. The summed E-state index contributed by atoms with van der Waals surface area (Å²) in [6, 6.07) is 12.4. The molecule has 138 valence electrons. The molecule has 2 aromatic carbocycles. The third-order valence-electron chi connectivity index (χ3n) is 4.25. The second kappa shape index (κ2) is 7.41. The number of aromatic nitrogens is 3. The van der Waals surface area contributed by atoms with Gasteiger partial charge in [0, 0.05) is 5.69 Å². The number of hydrogen-bond donors (Lipinski definition) is 1. The molecule has 0 spiro atoms. The predicted octanol–water partition coefficient (Wildman–Crippen LogP) is 3.23. The number of esters is 1. The van der Waals surface area contributed by atoms with E-state index in [9.17, 15) is 9.59 Å². The van der Waals surface area contributed by atoms with E-state index in [-0.39, 0.29) is 11.6 Å². The molecule has 7 heteroatoms. The van der Waals surface area contributed by atoms with Gasteiger partial charge in [0.1, 0.15) is 0 Å². The summed E-state index contributed by atoms with van der Waals surface area (Å²) < 4.78 is 6.31. The number of ether oxygens (including phenoxy) is 1. The number of nitrogens with one attached hydrogen (secondary N) is 1. The topological polar surface area (TPSA) is 86.1 Å². The fourth-order valence-corrected chi connectivity index (χ4v) is 2.81. The van der Waals surface area contributed by atoms with Crippen molar-refractivity contribution in [2.45, 2.75) is 20.8 Å². The Hall–Kier alpha value is -3.48. The van der Waals surface area contributed by atoms with Gasteiger partial charge in [0.15, 0.2) is 5.69 Å². The van der Waals surface area contributed by atoms with E-state index in [1.807, 2.05) is 26.0 Å². The van der Waals surface area contributed by atoms with Crippen LogP contribution in [0.1, 0.15) is 37.7 Å². The molecular weight excluding hydrogens is 344 g/mol. The molecule has 0 atom stereocenters. The summed E-state index contributed by atoms with van der Waals surface area (Å²) in [5.41, 5.74) is 4.93. The lowest BCUT2D eigenvalue weighted by Gasteiger charge is -2.08. The molecule has 3 aromatic rings. The van der Waals surface area contributed by atoms with Crippen molar-refractivity contribution in [3.05, 3.63) is 70.5 Å². The lowest BCUT2D eigenvalue weighted by Crippen LogP contribution is -2.14. The smallest absolute Gasteiger partial charge is 0.337 e. The number of aryl methyl sites for hydroxylation is 2. The first-order chi connectivity index (χ1) is 12.9. The van der Waals surface area contributed by atoms with E-state index in [1.54, 1.807) is 35.9 Å². The standard InChI is InChI=1S/C20H20N4O3/c1-12-5-10-17(13(2)11-12)24-14(3)18(22-23-24)19(25)21-16-8-6-15(7-9-16)20(26)27-4/h5-11H,1-4H3,(H,21,25). The highest BCUT2D eigenvalue weighted by atomic mass is 16.5. The largest absolute Gasteiger partial charge is 0.465 e. The number of nitrogens with zero attached hydrogens (tertiary/aromatic N) is 3. The molecule has 0 aliphatic rings. The fraction of sp³-hybridized carbons (Fsp3) is 0.200. The Kier molecular flexibility index (Phi) is 5.03. The van der Waals surface area contributed by atoms with Crippen molar-refractivity contribution < 1.29 is 14.3 Å². The van der Waals surface area contributed by atoms with Crippen LogP contribution in [0.5, 0.6) is 0 Å². The van der Waals surface area contributed by atoms with Crippen molar-refractivity contribution >= 4 is 17.6 Å². The van der Waals surface area contributed by atoms with Crippen LogP contribution in [-0.4, -0.2) is 34.0 Å². The molecule has 0 bridgehead atoms. The van der Waals surface area contributed by atoms with Crippen LogP contribution < -0.4 is 5.32 Å². The summed E-state index contributed by atoms with van der Waals surface area (Å²) >= 11 is 0. The van der Waals surface area contributed by atoms with Gasteiger partial charge in [-0.1, -0.05) is 22.9 Å². The predicted molar refractivity (Wildman–Crippen MR) is 101 cm³/mol. The molecule has 7 nitrogen and oxygen atoms in total. The average Bonchev–Trinajstić information content (AvgIpc) is 3.03. The van der Waals surface area contributed by atoms with Crippen LogP contribution in [0, 0.1) is 20.8 Å². The van der Waals surface area contributed by atoms with Gasteiger partial charge in [-0.05, 0) is 56.7 Å². The van der Waals surface area contributed by atoms with E-state index in [1.165, 1.54) is 7.11 Å². The number of hydrogen-bond acceptors (Lipinski definition) is 5. The van der Waals surface area contributed by atoms with Gasteiger partial charge < -0.3 is 10.1 Å². The van der Waals surface area contributed by atoms with Crippen LogP contribution in [0.4, 0.5) is 5.69 Å². The zero-order valence-electron chi connectivity index (χ0n) is 15.6. The lowest BCUT2D eigenvalue weighted by atomic mass is 10.1. The fourth-order valence-electron chi connectivity index (χ4n) is 2.81. The molecule has 0 aliphatic carbocycles. The van der Waals surface area contributed by atoms with Gasteiger partial charge in [-0.2, -0.15) is 0 Å². The highest BCUT2D eigenvalue weighted by Crippen LogP contribution is 2.19. The Morgan fingerprint density at radius 3 is 2.37 bits per heavy atom. The van der Waals surface area contributed by atoms with Crippen molar-refractivity contribution in [2.24, 2.45) is 0 Å². The van der Waals surface area contributed by atoms with Crippen LogP contribution in [0.15, 0.2) is 42.5 Å². The van der Waals surface area contributed by atoms with Crippen LogP contribution >= 0.6 is 0 Å². The minimum absolute atomic E-state index is 0.243. The Bertz CT molecular complexity index is 1010. The average molecular weight is 364 g/mol. The molecule has 1 heterocycles. The molecule has 1 amide bonds. The monoisotopic (exact) mass is 364 g/mol. The first-order valence-electron chi connectivity index (χ1n) is 8.40. The number of rotatable bonds is 4. The molecule has 1 N–H and O–H groups in total. The van der Waals surface area contributed by atoms with Gasteiger partial charge in [0.2, 0.25) is 0 Å². The summed E-state index contributed by atoms with van der Waals surface area (Å²) in [5.74, 6) is -0.797. The number of carbonyl (C=O) groups is 2. The number of amides is 1. The minimum Gasteiger partial charge on any atom is -0.465 e. The van der Waals surface area contributed by atoms with Gasteiger partial charge in [-0.3, -0.25) is 4.79 Å². The summed E-state index contributed by atoms with van der Waals surface area (Å²) in [6.45, 7) is 5.82. The molecule has 0 aliphatic heterocycles. The summed E-state index contributed by atoms with van der Waals surface area (Å²) in [5, 5.41) is 10.9. The third kappa shape index (κ3) is 3.72. The molecule has 0 unspecified atom stereocenters. The van der Waals surface area contributed by atoms with Crippen molar-refractivity contribution in [3.8, 4) is 5.69 Å². The lowest BCUT2D eigenvalue weighted by molar-refractivity contribution is 0.0600. The molecule has 0 saturated heterocycles. The Balaban J connectivity index is 1.82. The van der Waals surface area contributed by atoms with Crippen molar-refractivity contribution in [1.29, 1.82) is 0 Å². The minimum atomic E-state index is -0.430. The first-order valence-corrected chi connectivity index (χ1v) is 8.40. The number of anilines is 1. The van der Waals surface area contributed by atoms with E-state index in [2.05, 4.69) is 26.4 Å². The summed E-state index contributed by atoms with van der Waals surface area (Å²) in [4.78, 5) is 24.0. The SMILES string of the molecule is COC(=O)c1ccc(NC(=O)c2nnn(-c3ccc(C)cc3C)c2C)cc1. The van der Waals surface area contributed by atoms with E-state index in [0.29, 0.717) is 16.9 Å². The first kappa shape index (κ1) is 18.3. The molecule has 0 fully saturated rings. The van der Waals surface area contributed by atoms with E-state index >= 15 is 0 Å².